The molecular weight excluding hydrogens is 513 g/mol. The number of carbonyl (C=O) groups excluding carboxylic acids is 2. The fourth-order valence-corrected chi connectivity index (χ4v) is 5.65. The van der Waals surface area contributed by atoms with Gasteiger partial charge in [0.25, 0.3) is 0 Å². The van der Waals surface area contributed by atoms with E-state index in [2.05, 4.69) is 21.2 Å². The van der Waals surface area contributed by atoms with Crippen LogP contribution in [0.15, 0.2) is 45.8 Å². The van der Waals surface area contributed by atoms with Crippen LogP contribution in [0.5, 0.6) is 0 Å². The number of benzene rings is 2. The quantitative estimate of drug-likeness (QED) is 0.590. The van der Waals surface area contributed by atoms with Crippen molar-refractivity contribution in [3.8, 4) is 0 Å². The molecule has 2 aromatic carbocycles. The van der Waals surface area contributed by atoms with Crippen molar-refractivity contribution in [3.05, 3.63) is 52.0 Å². The molecule has 0 bridgehead atoms. The molecule has 11 heteroatoms. The lowest BCUT2D eigenvalue weighted by molar-refractivity contribution is -0.137. The molecule has 1 heterocycles. The molecule has 3 rings (SSSR count). The van der Waals surface area contributed by atoms with E-state index in [1.54, 1.807) is 13.0 Å². The number of alkyl halides is 3. The summed E-state index contributed by atoms with van der Waals surface area (Å²) in [6.07, 6.45) is -4.29. The highest BCUT2D eigenvalue weighted by atomic mass is 79.9. The molecule has 1 aliphatic rings. The van der Waals surface area contributed by atoms with E-state index in [0.29, 0.717) is 28.7 Å². The molecule has 0 aromatic heterocycles. The number of rotatable bonds is 6. The van der Waals surface area contributed by atoms with E-state index in [1.807, 2.05) is 0 Å². The summed E-state index contributed by atoms with van der Waals surface area (Å²) in [5.74, 6) is -1.50. The zero-order valence-electron chi connectivity index (χ0n) is 17.0. The van der Waals surface area contributed by atoms with E-state index in [-0.39, 0.29) is 22.9 Å². The lowest BCUT2D eigenvalue weighted by Gasteiger charge is -2.20. The van der Waals surface area contributed by atoms with Crippen molar-refractivity contribution in [2.75, 3.05) is 22.5 Å². The van der Waals surface area contributed by atoms with Gasteiger partial charge in [-0.15, -0.1) is 0 Å². The maximum atomic E-state index is 13.1. The molecule has 0 atom stereocenters. The van der Waals surface area contributed by atoms with Crippen LogP contribution in [0, 0.1) is 0 Å². The second-order valence-corrected chi connectivity index (χ2v) is 10.2. The third-order valence-corrected chi connectivity index (χ3v) is 7.18. The van der Waals surface area contributed by atoms with Crippen LogP contribution in [0.25, 0.3) is 0 Å². The summed E-state index contributed by atoms with van der Waals surface area (Å²) in [5, 5.41) is 2.30. The van der Waals surface area contributed by atoms with Gasteiger partial charge in [-0.05, 0) is 42.3 Å². The smallest absolute Gasteiger partial charge is 0.326 e. The molecule has 0 fully saturated rings. The van der Waals surface area contributed by atoms with Crippen molar-refractivity contribution >= 4 is 49.0 Å². The molecule has 1 aliphatic heterocycles. The number of hydrogen-bond acceptors (Lipinski definition) is 4. The molecule has 0 spiro atoms. The topological polar surface area (TPSA) is 83.6 Å². The molecule has 2 aromatic rings. The number of hydrogen-bond donors (Lipinski definition) is 1. The Morgan fingerprint density at radius 1 is 1.19 bits per heavy atom. The summed E-state index contributed by atoms with van der Waals surface area (Å²) in [6, 6.07) is 7.26. The number of sulfone groups is 1. The molecule has 0 aliphatic carbocycles. The maximum absolute atomic E-state index is 13.1. The lowest BCUT2D eigenvalue weighted by atomic mass is 10.2. The number of halogens is 4. The Morgan fingerprint density at radius 2 is 1.91 bits per heavy atom. The number of nitrogens with one attached hydrogen (secondary N) is 1. The van der Waals surface area contributed by atoms with Crippen LogP contribution < -0.4 is 10.2 Å². The van der Waals surface area contributed by atoms with Crippen LogP contribution >= 0.6 is 15.9 Å². The van der Waals surface area contributed by atoms with Crippen LogP contribution in [0.3, 0.4) is 0 Å². The van der Waals surface area contributed by atoms with Gasteiger partial charge < -0.3 is 10.2 Å². The first kappa shape index (κ1) is 24.2. The summed E-state index contributed by atoms with van der Waals surface area (Å²) in [5.41, 5.74) is 0.0464. The van der Waals surface area contributed by atoms with Crippen LogP contribution in [0.1, 0.15) is 30.9 Å². The van der Waals surface area contributed by atoms with Crippen LogP contribution in [-0.2, 0) is 32.0 Å². The molecule has 0 saturated heterocycles. The van der Waals surface area contributed by atoms with Crippen molar-refractivity contribution < 1.29 is 31.2 Å². The van der Waals surface area contributed by atoms with Gasteiger partial charge in [0.05, 0.1) is 21.9 Å². The van der Waals surface area contributed by atoms with E-state index in [1.165, 1.54) is 17.0 Å². The second kappa shape index (κ2) is 9.22. The highest BCUT2D eigenvalue weighted by Gasteiger charge is 2.33. The van der Waals surface area contributed by atoms with E-state index in [0.717, 1.165) is 18.2 Å². The van der Waals surface area contributed by atoms with Crippen molar-refractivity contribution in [2.45, 2.75) is 37.3 Å². The fourth-order valence-electron chi connectivity index (χ4n) is 3.48. The van der Waals surface area contributed by atoms with Gasteiger partial charge in [-0.3, -0.25) is 9.59 Å². The number of fused-ring (bicyclic) bond motifs is 1. The van der Waals surface area contributed by atoms with Gasteiger partial charge in [-0.1, -0.05) is 28.9 Å². The molecule has 0 radical (unpaired) electrons. The highest BCUT2D eigenvalue weighted by Crippen LogP contribution is 2.38. The van der Waals surface area contributed by atoms with Crippen LogP contribution in [-0.4, -0.2) is 32.5 Å². The minimum absolute atomic E-state index is 0.0481. The van der Waals surface area contributed by atoms with E-state index in [9.17, 15) is 31.2 Å². The third-order valence-electron chi connectivity index (χ3n) is 5.00. The van der Waals surface area contributed by atoms with Gasteiger partial charge in [0, 0.05) is 29.5 Å². The molecule has 2 amide bonds. The van der Waals surface area contributed by atoms with Gasteiger partial charge in [0.2, 0.25) is 11.8 Å². The summed E-state index contributed by atoms with van der Waals surface area (Å²) in [6.45, 7) is 2.06. The van der Waals surface area contributed by atoms with Crippen molar-refractivity contribution in [1.82, 2.24) is 0 Å². The van der Waals surface area contributed by atoms with Crippen molar-refractivity contribution in [2.24, 2.45) is 0 Å². The van der Waals surface area contributed by atoms with Gasteiger partial charge in [-0.2, -0.15) is 13.2 Å². The Hall–Kier alpha value is -2.40. The molecular formula is C21H20BrF3N2O4S. The first-order chi connectivity index (χ1) is 14.9. The zero-order chi connectivity index (χ0) is 23.7. The van der Waals surface area contributed by atoms with E-state index < -0.39 is 39.7 Å². The molecule has 0 unspecified atom stereocenters. The number of nitrogens with zero attached hydrogens (tertiary/aromatic N) is 1. The summed E-state index contributed by atoms with van der Waals surface area (Å²) < 4.78 is 65.1. The largest absolute Gasteiger partial charge is 0.416 e. The minimum atomic E-state index is -4.56. The van der Waals surface area contributed by atoms with Gasteiger partial charge >= 0.3 is 6.18 Å². The maximum Gasteiger partial charge on any atom is 0.416 e. The average molecular weight is 533 g/mol. The minimum Gasteiger partial charge on any atom is -0.326 e. The molecule has 1 N–H and O–H groups in total. The van der Waals surface area contributed by atoms with E-state index in [4.69, 9.17) is 0 Å². The normalized spacial score (nSPS) is 13.7. The first-order valence-corrected chi connectivity index (χ1v) is 12.2. The Kier molecular flexibility index (Phi) is 6.99. The Morgan fingerprint density at radius 3 is 2.56 bits per heavy atom. The monoisotopic (exact) mass is 532 g/mol. The zero-order valence-corrected chi connectivity index (χ0v) is 19.4. The standard InChI is InChI=1S/C21H20BrF3N2O4S/c1-2-19(29)27-8-6-13-10-15(22)12-17(20(13)27)32(30,31)9-7-18(28)26-16-5-3-4-14(11-16)21(23,24)25/h3-5,10-12H,2,6-9H2,1H3,(H,26,28). The van der Waals surface area contributed by atoms with Gasteiger partial charge in [0.1, 0.15) is 0 Å². The summed E-state index contributed by atoms with van der Waals surface area (Å²) in [4.78, 5) is 25.9. The number of carbonyl (C=O) groups is 2. The van der Waals surface area contributed by atoms with Gasteiger partial charge in [-0.25, -0.2) is 8.42 Å². The molecule has 172 valence electrons. The summed E-state index contributed by atoms with van der Waals surface area (Å²) in [7, 11) is -3.97. The van der Waals surface area contributed by atoms with Crippen molar-refractivity contribution in [3.63, 3.8) is 0 Å². The molecule has 0 saturated carbocycles. The average Bonchev–Trinajstić information content (AvgIpc) is 3.14. The third kappa shape index (κ3) is 5.32. The second-order valence-electron chi connectivity index (χ2n) is 7.26. The predicted octanol–water partition coefficient (Wildman–Crippen LogP) is 4.57. The Labute approximate surface area is 191 Å². The summed E-state index contributed by atoms with van der Waals surface area (Å²) >= 11 is 3.29. The number of amides is 2. The van der Waals surface area contributed by atoms with Crippen molar-refractivity contribution in [1.29, 1.82) is 0 Å². The van der Waals surface area contributed by atoms with Crippen LogP contribution in [0.2, 0.25) is 0 Å². The first-order valence-electron chi connectivity index (χ1n) is 9.75. The molecule has 6 nitrogen and oxygen atoms in total. The number of anilines is 2. The predicted molar refractivity (Wildman–Crippen MR) is 117 cm³/mol. The van der Waals surface area contributed by atoms with Gasteiger partial charge in [0.15, 0.2) is 9.84 Å². The lowest BCUT2D eigenvalue weighted by Crippen LogP contribution is -2.29. The van der Waals surface area contributed by atoms with Crippen LogP contribution in [0.4, 0.5) is 24.5 Å². The SMILES string of the molecule is CCC(=O)N1CCc2cc(Br)cc(S(=O)(=O)CCC(=O)Nc3cccc(C(F)(F)F)c3)c21. The highest BCUT2D eigenvalue weighted by molar-refractivity contribution is 9.10. The molecule has 32 heavy (non-hydrogen) atoms. The fraction of sp³-hybridized carbons (Fsp3) is 0.333. The van der Waals surface area contributed by atoms with E-state index >= 15 is 0 Å². The Bertz CT molecular complexity index is 1170. The Balaban J connectivity index is 1.78.